The van der Waals surface area contributed by atoms with Gasteiger partial charge in [0.2, 0.25) is 17.7 Å². The van der Waals surface area contributed by atoms with E-state index in [-0.39, 0.29) is 31.6 Å². The first-order chi connectivity index (χ1) is 29.3. The molecule has 7 atom stereocenters. The number of amides is 4. The summed E-state index contributed by atoms with van der Waals surface area (Å²) in [6.07, 6.45) is 0.567. The monoisotopic (exact) mass is 851 g/mol. The standard InChI is InChI=1S/C46H57N7O9/c1-26(2)21-35(41(57)58)49-38(54)27(3)48-39(55)34(51-44(60)62-45(4,5)6)23-29-25-52(36-20-14-11-17-30(29)36)46-24-32(47)40(56)53(43(46)50-33-19-13-12-18-31(33)46)37(42(59)61-7)22-28-15-9-8-10-16-28/h8-20,25-27,32,34-35,37,43,50H,21-24,47H2,1-7H3,(H,48,55)(H,49,54)(H,51,60)(H,57,58)/t27-,32-,34-,35-,37-,43-,46+/m0/s1. The van der Waals surface area contributed by atoms with Crippen LogP contribution >= 0.6 is 0 Å². The van der Waals surface area contributed by atoms with E-state index in [4.69, 9.17) is 15.2 Å². The minimum absolute atomic E-state index is 0.0226. The van der Waals surface area contributed by atoms with Crippen molar-refractivity contribution >= 4 is 52.3 Å². The third kappa shape index (κ3) is 9.39. The zero-order valence-corrected chi connectivity index (χ0v) is 36.1. The summed E-state index contributed by atoms with van der Waals surface area (Å²) in [6, 6.07) is 18.8. The SMILES string of the molecule is COC(=O)[C@H](Cc1ccccc1)N1C(=O)[C@@H](N)C[C@@]2(n3cc(C[C@H](NC(=O)OC(C)(C)C)C(=O)N[C@@H](C)C(=O)N[C@@H](CC(C)C)C(=O)O)c4ccccc43)c3ccccc3N[C@@H]12. The lowest BCUT2D eigenvalue weighted by Gasteiger charge is -2.51. The summed E-state index contributed by atoms with van der Waals surface area (Å²) in [7, 11) is 1.29. The van der Waals surface area contributed by atoms with Crippen LogP contribution in [0.5, 0.6) is 0 Å². The van der Waals surface area contributed by atoms with Gasteiger partial charge in [-0.3, -0.25) is 14.4 Å². The number of carbonyl (C=O) groups excluding carboxylic acids is 5. The number of alkyl carbamates (subject to hydrolysis) is 1. The van der Waals surface area contributed by atoms with Crippen molar-refractivity contribution < 1.29 is 43.3 Å². The number of aliphatic carboxylic acids is 1. The fourth-order valence-electron chi connectivity index (χ4n) is 8.62. The first kappa shape index (κ1) is 45.1. The molecule has 330 valence electrons. The molecule has 2 aliphatic rings. The van der Waals surface area contributed by atoms with Gasteiger partial charge in [0.1, 0.15) is 41.5 Å². The third-order valence-corrected chi connectivity index (χ3v) is 11.3. The van der Waals surface area contributed by atoms with Crippen molar-refractivity contribution in [1.82, 2.24) is 25.4 Å². The Labute approximate surface area is 360 Å². The van der Waals surface area contributed by atoms with Crippen molar-refractivity contribution in [3.63, 3.8) is 0 Å². The Morgan fingerprint density at radius 2 is 1.55 bits per heavy atom. The number of carboxylic acid groups (broad SMARTS) is 1. The number of aromatic nitrogens is 1. The highest BCUT2D eigenvalue weighted by Gasteiger charge is 2.60. The normalized spacial score (nSPS) is 20.2. The third-order valence-electron chi connectivity index (χ3n) is 11.3. The summed E-state index contributed by atoms with van der Waals surface area (Å²) >= 11 is 0. The number of nitrogens with two attached hydrogens (primary N) is 1. The second-order valence-electron chi connectivity index (χ2n) is 17.5. The lowest BCUT2D eigenvalue weighted by molar-refractivity contribution is -0.159. The number of rotatable bonds is 15. The number of para-hydroxylation sites is 2. The number of hydrogen-bond donors (Lipinski definition) is 6. The Balaban J connectivity index is 1.43. The fourth-order valence-corrected chi connectivity index (χ4v) is 8.62. The molecule has 7 N–H and O–H groups in total. The van der Waals surface area contributed by atoms with Crippen LogP contribution in [0.25, 0.3) is 10.9 Å². The Morgan fingerprint density at radius 3 is 2.21 bits per heavy atom. The molecule has 0 unspecified atom stereocenters. The maximum absolute atomic E-state index is 14.4. The van der Waals surface area contributed by atoms with Gasteiger partial charge in [0.15, 0.2) is 0 Å². The number of methoxy groups -OCH3 is 1. The number of likely N-dealkylation sites (tertiary alicyclic amines) is 1. The average Bonchev–Trinajstić information content (AvgIpc) is 3.75. The highest BCUT2D eigenvalue weighted by Crippen LogP contribution is 2.51. The van der Waals surface area contributed by atoms with Crippen molar-refractivity contribution in [1.29, 1.82) is 0 Å². The summed E-state index contributed by atoms with van der Waals surface area (Å²) in [6.45, 7) is 10.2. The molecule has 4 aromatic rings. The highest BCUT2D eigenvalue weighted by atomic mass is 16.6. The van der Waals surface area contributed by atoms with E-state index < -0.39 is 83.3 Å². The molecule has 62 heavy (non-hydrogen) atoms. The fraction of sp³-hybridized carbons (Fsp3) is 0.435. The maximum Gasteiger partial charge on any atom is 0.408 e. The Kier molecular flexibility index (Phi) is 13.3. The van der Waals surface area contributed by atoms with E-state index in [1.807, 2.05) is 103 Å². The van der Waals surface area contributed by atoms with Crippen LogP contribution in [-0.2, 0) is 51.8 Å². The van der Waals surface area contributed by atoms with E-state index in [0.29, 0.717) is 5.56 Å². The Morgan fingerprint density at radius 1 is 0.887 bits per heavy atom. The molecule has 1 saturated heterocycles. The van der Waals surface area contributed by atoms with Crippen molar-refractivity contribution in [3.05, 3.63) is 102 Å². The molecule has 0 aliphatic carbocycles. The molecule has 0 bridgehead atoms. The molecule has 0 spiro atoms. The summed E-state index contributed by atoms with van der Waals surface area (Å²) < 4.78 is 12.9. The zero-order chi connectivity index (χ0) is 45.1. The van der Waals surface area contributed by atoms with Crippen LogP contribution in [0.2, 0.25) is 0 Å². The summed E-state index contributed by atoms with van der Waals surface area (Å²) in [5.74, 6) is -3.67. The van der Waals surface area contributed by atoms with Crippen molar-refractivity contribution in [2.45, 2.75) is 115 Å². The number of piperidine rings is 1. The van der Waals surface area contributed by atoms with Gasteiger partial charge in [-0.2, -0.15) is 0 Å². The van der Waals surface area contributed by atoms with E-state index in [1.165, 1.54) is 18.9 Å². The molecule has 4 amide bonds. The van der Waals surface area contributed by atoms with Crippen LogP contribution in [0.4, 0.5) is 10.5 Å². The van der Waals surface area contributed by atoms with E-state index >= 15 is 0 Å². The second-order valence-corrected chi connectivity index (χ2v) is 17.5. The van der Waals surface area contributed by atoms with Gasteiger partial charge >= 0.3 is 18.0 Å². The minimum atomic E-state index is -1.28. The van der Waals surface area contributed by atoms with Gasteiger partial charge in [-0.05, 0) is 63.3 Å². The quantitative estimate of drug-likeness (QED) is 0.0937. The second kappa shape index (κ2) is 18.3. The Bertz CT molecular complexity index is 2320. The van der Waals surface area contributed by atoms with Crippen molar-refractivity contribution in [3.8, 4) is 0 Å². The summed E-state index contributed by atoms with van der Waals surface area (Å²) in [5.41, 5.74) is 8.55. The summed E-state index contributed by atoms with van der Waals surface area (Å²) in [4.78, 5) is 82.3. The average molecular weight is 852 g/mol. The molecule has 16 nitrogen and oxygen atoms in total. The van der Waals surface area contributed by atoms with Gasteiger partial charge in [0.05, 0.1) is 13.2 Å². The lowest BCUT2D eigenvalue weighted by atomic mass is 9.78. The minimum Gasteiger partial charge on any atom is -0.480 e. The Hall–Kier alpha value is -6.42. The topological polar surface area (TPSA) is 223 Å². The molecule has 3 heterocycles. The van der Waals surface area contributed by atoms with Crippen molar-refractivity contribution in [2.24, 2.45) is 11.7 Å². The number of benzene rings is 3. The van der Waals surface area contributed by atoms with E-state index in [0.717, 1.165) is 27.7 Å². The molecule has 0 radical (unpaired) electrons. The summed E-state index contributed by atoms with van der Waals surface area (Å²) in [5, 5.41) is 21.9. The van der Waals surface area contributed by atoms with E-state index in [1.54, 1.807) is 20.8 Å². The number of esters is 1. The number of carbonyl (C=O) groups is 6. The number of nitrogens with one attached hydrogen (secondary N) is 4. The molecule has 2 aliphatic heterocycles. The van der Waals surface area contributed by atoms with Gasteiger partial charge in [-0.1, -0.05) is 80.6 Å². The van der Waals surface area contributed by atoms with Crippen LogP contribution in [0.15, 0.2) is 85.1 Å². The smallest absolute Gasteiger partial charge is 0.408 e. The molecule has 1 aromatic heterocycles. The zero-order valence-electron chi connectivity index (χ0n) is 36.1. The molecule has 0 saturated carbocycles. The predicted molar refractivity (Wildman–Crippen MR) is 232 cm³/mol. The van der Waals surface area contributed by atoms with Crippen LogP contribution in [-0.4, -0.2) is 99.4 Å². The van der Waals surface area contributed by atoms with Gasteiger partial charge in [0.25, 0.3) is 0 Å². The number of nitrogens with zero attached hydrogens (tertiary/aromatic N) is 2. The van der Waals surface area contributed by atoms with E-state index in [9.17, 15) is 33.9 Å². The molecule has 16 heteroatoms. The van der Waals surface area contributed by atoms with Crippen LogP contribution < -0.4 is 27.0 Å². The van der Waals surface area contributed by atoms with Crippen LogP contribution in [0, 0.1) is 5.92 Å². The number of ether oxygens (including phenoxy) is 2. The van der Waals surface area contributed by atoms with Gasteiger partial charge in [-0.25, -0.2) is 14.4 Å². The maximum atomic E-state index is 14.4. The highest BCUT2D eigenvalue weighted by molar-refractivity contribution is 5.94. The molecule has 3 aromatic carbocycles. The first-order valence-electron chi connectivity index (χ1n) is 20.8. The van der Waals surface area contributed by atoms with Crippen molar-refractivity contribution in [2.75, 3.05) is 12.4 Å². The van der Waals surface area contributed by atoms with Gasteiger partial charge < -0.3 is 51.0 Å². The number of fused-ring (bicyclic) bond motifs is 4. The molecular weight excluding hydrogens is 795 g/mol. The number of anilines is 1. The molecule has 6 rings (SSSR count). The van der Waals surface area contributed by atoms with Gasteiger partial charge in [0, 0.05) is 47.6 Å². The first-order valence-corrected chi connectivity index (χ1v) is 20.8. The largest absolute Gasteiger partial charge is 0.480 e. The predicted octanol–water partition coefficient (Wildman–Crippen LogP) is 4.04. The van der Waals surface area contributed by atoms with Crippen LogP contribution in [0.1, 0.15) is 71.1 Å². The molecule has 1 fully saturated rings. The number of hydrogen-bond acceptors (Lipinski definition) is 10. The van der Waals surface area contributed by atoms with Gasteiger partial charge in [-0.15, -0.1) is 0 Å². The molecular formula is C46H57N7O9. The van der Waals surface area contributed by atoms with E-state index in [2.05, 4.69) is 21.3 Å². The lowest BCUT2D eigenvalue weighted by Crippen LogP contribution is -2.70. The number of carboxylic acids is 1. The van der Waals surface area contributed by atoms with Crippen LogP contribution in [0.3, 0.4) is 0 Å².